The number of hydrogen-bond acceptors (Lipinski definition) is 3. The molecular formula is C13H15ClN2O3S. The van der Waals surface area contributed by atoms with Crippen LogP contribution in [0.5, 0.6) is 0 Å². The number of hydrogen-bond donors (Lipinski definition) is 2. The Morgan fingerprint density at radius 3 is 2.90 bits per heavy atom. The lowest BCUT2D eigenvalue weighted by Crippen LogP contribution is -2.47. The number of nitrogens with zero attached hydrogens (tertiary/aromatic N) is 1. The van der Waals surface area contributed by atoms with Crippen LogP contribution >= 0.6 is 23.4 Å². The molecule has 1 heterocycles. The molecule has 1 aliphatic rings. The first-order valence-corrected chi connectivity index (χ1v) is 7.72. The molecule has 1 fully saturated rings. The third kappa shape index (κ3) is 4.05. The minimum absolute atomic E-state index is 0.1000. The van der Waals surface area contributed by atoms with Crippen LogP contribution in [0.1, 0.15) is 6.42 Å². The molecule has 1 unspecified atom stereocenters. The number of amides is 2. The van der Waals surface area contributed by atoms with Gasteiger partial charge >= 0.3 is 12.0 Å². The highest BCUT2D eigenvalue weighted by Gasteiger charge is 2.23. The number of aliphatic carboxylic acids is 1. The highest BCUT2D eigenvalue weighted by atomic mass is 35.5. The molecule has 1 atom stereocenters. The Balaban J connectivity index is 2.13. The highest BCUT2D eigenvalue weighted by Crippen LogP contribution is 2.21. The smallest absolute Gasteiger partial charge is 0.323 e. The minimum atomic E-state index is -1.07. The molecule has 0 radical (unpaired) electrons. The van der Waals surface area contributed by atoms with Gasteiger partial charge in [0.1, 0.15) is 6.54 Å². The maximum atomic E-state index is 12.2. The number of rotatable bonds is 4. The van der Waals surface area contributed by atoms with Crippen molar-refractivity contribution in [2.45, 2.75) is 12.5 Å². The summed E-state index contributed by atoms with van der Waals surface area (Å²) in [4.78, 5) is 24.4. The molecule has 0 saturated carbocycles. The fraction of sp³-hybridized carbons (Fsp3) is 0.385. The third-order valence-corrected chi connectivity index (χ3v) is 4.31. The van der Waals surface area contributed by atoms with Gasteiger partial charge in [-0.2, -0.15) is 11.8 Å². The van der Waals surface area contributed by atoms with Crippen molar-refractivity contribution in [3.63, 3.8) is 0 Å². The normalized spacial score (nSPS) is 17.8. The molecule has 7 heteroatoms. The fourth-order valence-electron chi connectivity index (χ4n) is 1.96. The lowest BCUT2D eigenvalue weighted by Gasteiger charge is -2.23. The molecule has 0 spiro atoms. The largest absolute Gasteiger partial charge is 0.480 e. The summed E-state index contributed by atoms with van der Waals surface area (Å²) >= 11 is 7.67. The first kappa shape index (κ1) is 15.0. The van der Waals surface area contributed by atoms with Crippen molar-refractivity contribution in [2.75, 3.05) is 23.0 Å². The second-order valence-electron chi connectivity index (χ2n) is 4.47. The van der Waals surface area contributed by atoms with Gasteiger partial charge in [-0.15, -0.1) is 0 Å². The van der Waals surface area contributed by atoms with Gasteiger partial charge in [0.05, 0.1) is 0 Å². The Kier molecular flexibility index (Phi) is 5.14. The van der Waals surface area contributed by atoms with E-state index in [9.17, 15) is 9.59 Å². The summed E-state index contributed by atoms with van der Waals surface area (Å²) in [6.45, 7) is -0.397. The maximum absolute atomic E-state index is 12.2. The predicted molar refractivity (Wildman–Crippen MR) is 80.7 cm³/mol. The van der Waals surface area contributed by atoms with Crippen molar-refractivity contribution in [1.29, 1.82) is 0 Å². The number of urea groups is 1. The number of thioether (sulfide) groups is 1. The summed E-state index contributed by atoms with van der Waals surface area (Å²) in [7, 11) is 0. The van der Waals surface area contributed by atoms with Gasteiger partial charge in [0.25, 0.3) is 0 Å². The number of carboxylic acids is 1. The van der Waals surface area contributed by atoms with E-state index in [0.717, 1.165) is 17.9 Å². The average molecular weight is 315 g/mol. The molecule has 2 rings (SSSR count). The van der Waals surface area contributed by atoms with Gasteiger partial charge in [-0.3, -0.25) is 9.69 Å². The van der Waals surface area contributed by atoms with Gasteiger partial charge in [0, 0.05) is 22.5 Å². The average Bonchev–Trinajstić information content (AvgIpc) is 2.88. The first-order chi connectivity index (χ1) is 9.56. The van der Waals surface area contributed by atoms with E-state index in [1.54, 1.807) is 36.0 Å². The zero-order valence-electron chi connectivity index (χ0n) is 10.7. The SMILES string of the molecule is O=C(O)CN(C(=O)NC1CCSC1)c1cccc(Cl)c1. The lowest BCUT2D eigenvalue weighted by molar-refractivity contribution is -0.135. The monoisotopic (exact) mass is 314 g/mol. The molecule has 0 bridgehead atoms. The summed E-state index contributed by atoms with van der Waals surface area (Å²) in [5.41, 5.74) is 0.475. The molecule has 1 aliphatic heterocycles. The standard InChI is InChI=1S/C13H15ClN2O3S/c14-9-2-1-3-11(6-9)16(7-12(17)18)13(19)15-10-4-5-20-8-10/h1-3,6,10H,4-5,7-8H2,(H,15,19)(H,17,18). The molecule has 2 N–H and O–H groups in total. The Bertz CT molecular complexity index is 506. The van der Waals surface area contributed by atoms with Gasteiger partial charge in [-0.25, -0.2) is 4.79 Å². The van der Waals surface area contributed by atoms with E-state index in [-0.39, 0.29) is 6.04 Å². The number of benzene rings is 1. The van der Waals surface area contributed by atoms with Crippen molar-refractivity contribution in [1.82, 2.24) is 5.32 Å². The van der Waals surface area contributed by atoms with Crippen LogP contribution in [0.15, 0.2) is 24.3 Å². The molecule has 2 amide bonds. The van der Waals surface area contributed by atoms with Crippen LogP contribution in [0.25, 0.3) is 0 Å². The molecule has 1 aromatic carbocycles. The van der Waals surface area contributed by atoms with E-state index in [4.69, 9.17) is 16.7 Å². The van der Waals surface area contributed by atoms with E-state index in [0.29, 0.717) is 10.7 Å². The summed E-state index contributed by atoms with van der Waals surface area (Å²) < 4.78 is 0. The third-order valence-electron chi connectivity index (χ3n) is 2.92. The zero-order chi connectivity index (χ0) is 14.5. The summed E-state index contributed by atoms with van der Waals surface area (Å²) in [6.07, 6.45) is 0.910. The Labute approximate surface area is 126 Å². The molecule has 108 valence electrons. The number of halogens is 1. The summed E-state index contributed by atoms with van der Waals surface area (Å²) in [6, 6.07) is 6.30. The van der Waals surface area contributed by atoms with Gasteiger partial charge in [0.15, 0.2) is 0 Å². The number of carboxylic acid groups (broad SMARTS) is 1. The van der Waals surface area contributed by atoms with E-state index in [1.807, 2.05) is 0 Å². The van der Waals surface area contributed by atoms with Crippen LogP contribution in [0.2, 0.25) is 5.02 Å². The quantitative estimate of drug-likeness (QED) is 0.895. The highest BCUT2D eigenvalue weighted by molar-refractivity contribution is 7.99. The van der Waals surface area contributed by atoms with E-state index in [2.05, 4.69) is 5.32 Å². The van der Waals surface area contributed by atoms with Crippen molar-refractivity contribution >= 4 is 41.1 Å². The van der Waals surface area contributed by atoms with Crippen molar-refractivity contribution in [3.05, 3.63) is 29.3 Å². The van der Waals surface area contributed by atoms with Crippen molar-refractivity contribution in [3.8, 4) is 0 Å². The van der Waals surface area contributed by atoms with Crippen LogP contribution in [-0.2, 0) is 4.79 Å². The second kappa shape index (κ2) is 6.85. The lowest BCUT2D eigenvalue weighted by atomic mass is 10.2. The molecule has 1 aromatic rings. The molecular weight excluding hydrogens is 300 g/mol. The van der Waals surface area contributed by atoms with E-state index in [1.165, 1.54) is 4.90 Å². The van der Waals surface area contributed by atoms with Crippen molar-refractivity contribution in [2.24, 2.45) is 0 Å². The van der Waals surface area contributed by atoms with E-state index < -0.39 is 18.5 Å². The molecule has 1 saturated heterocycles. The minimum Gasteiger partial charge on any atom is -0.480 e. The predicted octanol–water partition coefficient (Wildman–Crippen LogP) is 2.45. The molecule has 5 nitrogen and oxygen atoms in total. The number of nitrogens with one attached hydrogen (secondary N) is 1. The summed E-state index contributed by atoms with van der Waals surface area (Å²) in [5.74, 6) is 0.810. The maximum Gasteiger partial charge on any atom is 0.323 e. The number of anilines is 1. The molecule has 20 heavy (non-hydrogen) atoms. The Morgan fingerprint density at radius 1 is 1.50 bits per heavy atom. The number of carbonyl (C=O) groups excluding carboxylic acids is 1. The van der Waals surface area contributed by atoms with Gasteiger partial charge in [-0.1, -0.05) is 17.7 Å². The van der Waals surface area contributed by atoms with Crippen LogP contribution in [0.3, 0.4) is 0 Å². The van der Waals surface area contributed by atoms with Crippen LogP contribution < -0.4 is 10.2 Å². The number of carbonyl (C=O) groups is 2. The van der Waals surface area contributed by atoms with Gasteiger partial charge < -0.3 is 10.4 Å². The molecule has 0 aromatic heterocycles. The zero-order valence-corrected chi connectivity index (χ0v) is 12.3. The Hall–Kier alpha value is -1.40. The van der Waals surface area contributed by atoms with Crippen LogP contribution in [0, 0.1) is 0 Å². The second-order valence-corrected chi connectivity index (χ2v) is 6.06. The van der Waals surface area contributed by atoms with Crippen LogP contribution in [0.4, 0.5) is 10.5 Å². The van der Waals surface area contributed by atoms with Crippen LogP contribution in [-0.4, -0.2) is 41.2 Å². The Morgan fingerprint density at radius 2 is 2.30 bits per heavy atom. The summed E-state index contributed by atoms with van der Waals surface area (Å²) in [5, 5.41) is 12.3. The van der Waals surface area contributed by atoms with Gasteiger partial charge in [-0.05, 0) is 30.4 Å². The topological polar surface area (TPSA) is 69.6 Å². The van der Waals surface area contributed by atoms with E-state index >= 15 is 0 Å². The fourth-order valence-corrected chi connectivity index (χ4v) is 3.30. The van der Waals surface area contributed by atoms with Crippen molar-refractivity contribution < 1.29 is 14.7 Å². The first-order valence-electron chi connectivity index (χ1n) is 6.19. The van der Waals surface area contributed by atoms with Gasteiger partial charge in [0.2, 0.25) is 0 Å². The molecule has 0 aliphatic carbocycles.